The number of aromatic nitrogens is 2. The SMILES string of the molecule is Cc1cc(Br)cn2c(CO)c(Cl)nc12. The monoisotopic (exact) mass is 274 g/mol. The van der Waals surface area contributed by atoms with E-state index in [1.54, 1.807) is 4.40 Å². The van der Waals surface area contributed by atoms with Gasteiger partial charge < -0.3 is 5.11 Å². The molecule has 0 spiro atoms. The van der Waals surface area contributed by atoms with E-state index in [0.717, 1.165) is 15.7 Å². The van der Waals surface area contributed by atoms with Crippen molar-refractivity contribution in [2.24, 2.45) is 0 Å². The van der Waals surface area contributed by atoms with Gasteiger partial charge in [-0.2, -0.15) is 0 Å². The van der Waals surface area contributed by atoms with Crippen molar-refractivity contribution in [3.8, 4) is 0 Å². The molecule has 0 aliphatic rings. The predicted octanol–water partition coefficient (Wildman–Crippen LogP) is 2.55. The van der Waals surface area contributed by atoms with Crippen molar-refractivity contribution in [3.63, 3.8) is 0 Å². The molecule has 0 saturated carbocycles. The Kier molecular flexibility index (Phi) is 2.51. The molecule has 14 heavy (non-hydrogen) atoms. The number of imidazole rings is 1. The smallest absolute Gasteiger partial charge is 0.153 e. The Labute approximate surface area is 94.5 Å². The Hall–Kier alpha value is -0.580. The van der Waals surface area contributed by atoms with Gasteiger partial charge in [-0.1, -0.05) is 11.6 Å². The molecule has 2 heterocycles. The van der Waals surface area contributed by atoms with Crippen molar-refractivity contribution in [2.75, 3.05) is 0 Å². The normalized spacial score (nSPS) is 11.1. The van der Waals surface area contributed by atoms with E-state index in [1.807, 2.05) is 19.2 Å². The van der Waals surface area contributed by atoms with E-state index in [9.17, 15) is 0 Å². The molecule has 0 bridgehead atoms. The summed E-state index contributed by atoms with van der Waals surface area (Å²) >= 11 is 9.27. The highest BCUT2D eigenvalue weighted by Gasteiger charge is 2.11. The minimum absolute atomic E-state index is 0.115. The lowest BCUT2D eigenvalue weighted by Gasteiger charge is -2.01. The molecule has 0 aliphatic carbocycles. The maximum atomic E-state index is 9.13. The number of aliphatic hydroxyl groups excluding tert-OH is 1. The van der Waals surface area contributed by atoms with Crippen LogP contribution in [0, 0.1) is 6.92 Å². The number of aliphatic hydroxyl groups is 1. The number of nitrogens with zero attached hydrogens (tertiary/aromatic N) is 2. The zero-order valence-electron chi connectivity index (χ0n) is 7.46. The first-order valence-electron chi connectivity index (χ1n) is 4.07. The number of halogens is 2. The first-order valence-corrected chi connectivity index (χ1v) is 5.24. The average Bonchev–Trinajstić information content (AvgIpc) is 2.41. The van der Waals surface area contributed by atoms with Crippen LogP contribution in [0.1, 0.15) is 11.3 Å². The van der Waals surface area contributed by atoms with Gasteiger partial charge >= 0.3 is 0 Å². The summed E-state index contributed by atoms with van der Waals surface area (Å²) in [5, 5.41) is 9.48. The van der Waals surface area contributed by atoms with E-state index in [2.05, 4.69) is 20.9 Å². The van der Waals surface area contributed by atoms with Crippen LogP contribution in [0.3, 0.4) is 0 Å². The standard InChI is InChI=1S/C9H8BrClN2O/c1-5-2-6(10)3-13-7(4-14)8(11)12-9(5)13/h2-3,14H,4H2,1H3. The fourth-order valence-corrected chi connectivity index (χ4v) is 2.21. The van der Waals surface area contributed by atoms with Gasteiger partial charge in [0.15, 0.2) is 5.15 Å². The summed E-state index contributed by atoms with van der Waals surface area (Å²) in [7, 11) is 0. The minimum Gasteiger partial charge on any atom is -0.390 e. The molecule has 0 atom stereocenters. The minimum atomic E-state index is -0.115. The zero-order valence-corrected chi connectivity index (χ0v) is 9.80. The third-order valence-electron chi connectivity index (χ3n) is 2.07. The number of aryl methyl sites for hydroxylation is 1. The van der Waals surface area contributed by atoms with Crippen molar-refractivity contribution >= 4 is 33.2 Å². The highest BCUT2D eigenvalue weighted by molar-refractivity contribution is 9.10. The van der Waals surface area contributed by atoms with Gasteiger partial charge in [0.1, 0.15) is 5.65 Å². The molecule has 0 aromatic carbocycles. The zero-order chi connectivity index (χ0) is 10.3. The van der Waals surface area contributed by atoms with Gasteiger partial charge in [-0.3, -0.25) is 4.40 Å². The van der Waals surface area contributed by atoms with E-state index < -0.39 is 0 Å². The molecule has 2 rings (SSSR count). The van der Waals surface area contributed by atoms with E-state index in [0.29, 0.717) is 10.8 Å². The molecule has 2 aromatic rings. The summed E-state index contributed by atoms with van der Waals surface area (Å²) in [6, 6.07) is 1.96. The molecule has 5 heteroatoms. The molecule has 0 amide bonds. The molecule has 0 saturated heterocycles. The maximum Gasteiger partial charge on any atom is 0.153 e. The highest BCUT2D eigenvalue weighted by Crippen LogP contribution is 2.23. The topological polar surface area (TPSA) is 37.5 Å². The van der Waals surface area contributed by atoms with Crippen LogP contribution >= 0.6 is 27.5 Å². The van der Waals surface area contributed by atoms with Gasteiger partial charge in [-0.05, 0) is 34.5 Å². The van der Waals surface area contributed by atoms with Crippen LogP contribution in [0.5, 0.6) is 0 Å². The summed E-state index contributed by atoms with van der Waals surface area (Å²) in [4.78, 5) is 4.17. The molecule has 74 valence electrons. The van der Waals surface area contributed by atoms with Crippen molar-refractivity contribution in [2.45, 2.75) is 13.5 Å². The summed E-state index contributed by atoms with van der Waals surface area (Å²) in [5.41, 5.74) is 2.41. The molecular weight excluding hydrogens is 267 g/mol. The molecule has 1 N–H and O–H groups in total. The molecular formula is C9H8BrClN2O. The van der Waals surface area contributed by atoms with Crippen molar-refractivity contribution in [3.05, 3.63) is 33.1 Å². The van der Waals surface area contributed by atoms with E-state index in [4.69, 9.17) is 16.7 Å². The van der Waals surface area contributed by atoms with Crippen LogP contribution in [-0.2, 0) is 6.61 Å². The third kappa shape index (κ3) is 1.43. The third-order valence-corrected chi connectivity index (χ3v) is 2.81. The average molecular weight is 276 g/mol. The summed E-state index contributed by atoms with van der Waals surface area (Å²) < 4.78 is 2.73. The number of hydrogen-bond donors (Lipinski definition) is 1. The Balaban J connectivity index is 2.87. The van der Waals surface area contributed by atoms with Crippen LogP contribution in [0.25, 0.3) is 5.65 Å². The first-order chi connectivity index (χ1) is 6.63. The lowest BCUT2D eigenvalue weighted by molar-refractivity contribution is 0.276. The lowest BCUT2D eigenvalue weighted by atomic mass is 10.3. The van der Waals surface area contributed by atoms with E-state index in [1.165, 1.54) is 0 Å². The predicted molar refractivity (Wildman–Crippen MR) is 58.6 cm³/mol. The number of rotatable bonds is 1. The number of hydrogen-bond acceptors (Lipinski definition) is 2. The second-order valence-electron chi connectivity index (χ2n) is 3.04. The summed E-state index contributed by atoms with van der Waals surface area (Å²) in [6.45, 7) is 1.83. The Morgan fingerprint density at radius 1 is 1.64 bits per heavy atom. The highest BCUT2D eigenvalue weighted by atomic mass is 79.9. The Morgan fingerprint density at radius 2 is 2.36 bits per heavy atom. The Morgan fingerprint density at radius 3 is 3.00 bits per heavy atom. The first kappa shape index (κ1) is 9.96. The van der Waals surface area contributed by atoms with Gasteiger partial charge in [0.05, 0.1) is 12.3 Å². The number of pyridine rings is 1. The van der Waals surface area contributed by atoms with Crippen molar-refractivity contribution in [1.82, 2.24) is 9.38 Å². The van der Waals surface area contributed by atoms with Crippen LogP contribution in [0.4, 0.5) is 0 Å². The summed E-state index contributed by atoms with van der Waals surface area (Å²) in [5.74, 6) is 0. The van der Waals surface area contributed by atoms with Crippen LogP contribution in [0.15, 0.2) is 16.7 Å². The van der Waals surface area contributed by atoms with Crippen LogP contribution < -0.4 is 0 Å². The van der Waals surface area contributed by atoms with E-state index in [-0.39, 0.29) is 6.61 Å². The van der Waals surface area contributed by atoms with Gasteiger partial charge in [0.25, 0.3) is 0 Å². The van der Waals surface area contributed by atoms with Crippen LogP contribution in [-0.4, -0.2) is 14.5 Å². The van der Waals surface area contributed by atoms with Gasteiger partial charge in [0, 0.05) is 10.7 Å². The largest absolute Gasteiger partial charge is 0.390 e. The van der Waals surface area contributed by atoms with Gasteiger partial charge in [-0.25, -0.2) is 4.98 Å². The molecule has 2 aromatic heterocycles. The lowest BCUT2D eigenvalue weighted by Crippen LogP contribution is -1.94. The molecule has 0 fully saturated rings. The van der Waals surface area contributed by atoms with E-state index >= 15 is 0 Å². The maximum absolute atomic E-state index is 9.13. The summed E-state index contributed by atoms with van der Waals surface area (Å²) in [6.07, 6.45) is 1.84. The molecule has 0 radical (unpaired) electrons. The second-order valence-corrected chi connectivity index (χ2v) is 4.32. The van der Waals surface area contributed by atoms with Crippen LogP contribution in [0.2, 0.25) is 5.15 Å². The van der Waals surface area contributed by atoms with Gasteiger partial charge in [-0.15, -0.1) is 0 Å². The fraction of sp³-hybridized carbons (Fsp3) is 0.222. The van der Waals surface area contributed by atoms with Gasteiger partial charge in [0.2, 0.25) is 0 Å². The number of fused-ring (bicyclic) bond motifs is 1. The molecule has 3 nitrogen and oxygen atoms in total. The Bertz CT molecular complexity index is 495. The van der Waals surface area contributed by atoms with Crippen molar-refractivity contribution in [1.29, 1.82) is 0 Å². The quantitative estimate of drug-likeness (QED) is 0.868. The molecule has 0 aliphatic heterocycles. The second kappa shape index (κ2) is 3.53. The molecule has 0 unspecified atom stereocenters. The fourth-order valence-electron chi connectivity index (χ4n) is 1.43. The van der Waals surface area contributed by atoms with Crippen molar-refractivity contribution < 1.29 is 5.11 Å².